The molecule has 2 atom stereocenters. The Labute approximate surface area is 113 Å². The molecule has 0 aromatic rings. The molecule has 0 saturated carbocycles. The van der Waals surface area contributed by atoms with Crippen molar-refractivity contribution in [2.45, 2.75) is 85.4 Å². The summed E-state index contributed by atoms with van der Waals surface area (Å²) in [5.74, 6) is 0.508. The predicted molar refractivity (Wildman–Crippen MR) is 76.6 cm³/mol. The summed E-state index contributed by atoms with van der Waals surface area (Å²) in [6, 6.07) is 0.164. The van der Waals surface area contributed by atoms with Gasteiger partial charge in [-0.05, 0) is 46.5 Å². The molecule has 0 bridgehead atoms. The summed E-state index contributed by atoms with van der Waals surface area (Å²) in [4.78, 5) is 12.1. The zero-order valence-electron chi connectivity index (χ0n) is 13.2. The van der Waals surface area contributed by atoms with E-state index < -0.39 is 5.60 Å². The fourth-order valence-corrected chi connectivity index (χ4v) is 2.05. The number of carbonyl (C=O) groups excluding carboxylic acids is 1. The summed E-state index contributed by atoms with van der Waals surface area (Å²) in [7, 11) is 0. The minimum absolute atomic E-state index is 0.125. The molecule has 108 valence electrons. The van der Waals surface area contributed by atoms with Crippen molar-refractivity contribution in [1.82, 2.24) is 5.32 Å². The zero-order valence-corrected chi connectivity index (χ0v) is 13.2. The summed E-state index contributed by atoms with van der Waals surface area (Å²) in [5, 5.41) is 3.40. The van der Waals surface area contributed by atoms with Crippen LogP contribution in [0.1, 0.15) is 67.7 Å². The second-order valence-corrected chi connectivity index (χ2v) is 6.57. The van der Waals surface area contributed by atoms with Gasteiger partial charge in [0.05, 0.1) is 0 Å². The average molecular weight is 257 g/mol. The van der Waals surface area contributed by atoms with E-state index in [1.165, 1.54) is 0 Å². The van der Waals surface area contributed by atoms with Crippen LogP contribution in [0.25, 0.3) is 0 Å². The monoisotopic (exact) mass is 257 g/mol. The molecule has 0 radical (unpaired) electrons. The summed E-state index contributed by atoms with van der Waals surface area (Å²) in [6.07, 6.45) is 2.88. The van der Waals surface area contributed by atoms with Gasteiger partial charge in [0, 0.05) is 6.04 Å². The van der Waals surface area contributed by atoms with Crippen LogP contribution in [0.4, 0.5) is 0 Å². The van der Waals surface area contributed by atoms with Crippen molar-refractivity contribution in [3.63, 3.8) is 0 Å². The Morgan fingerprint density at radius 1 is 1.22 bits per heavy atom. The number of carbonyl (C=O) groups is 1. The summed E-state index contributed by atoms with van der Waals surface area (Å²) in [5.41, 5.74) is -0.411. The minimum Gasteiger partial charge on any atom is -0.459 e. The van der Waals surface area contributed by atoms with Crippen LogP contribution in [0, 0.1) is 5.92 Å². The summed E-state index contributed by atoms with van der Waals surface area (Å²) < 4.78 is 5.46. The smallest absolute Gasteiger partial charge is 0.323 e. The first-order valence-corrected chi connectivity index (χ1v) is 7.14. The molecular weight excluding hydrogens is 226 g/mol. The van der Waals surface area contributed by atoms with E-state index in [0.29, 0.717) is 12.0 Å². The van der Waals surface area contributed by atoms with Gasteiger partial charge in [0.1, 0.15) is 11.6 Å². The number of rotatable bonds is 7. The second-order valence-electron chi connectivity index (χ2n) is 6.57. The van der Waals surface area contributed by atoms with Crippen LogP contribution in [0.2, 0.25) is 0 Å². The number of hydrogen-bond acceptors (Lipinski definition) is 3. The van der Waals surface area contributed by atoms with Crippen LogP contribution in [0.3, 0.4) is 0 Å². The topological polar surface area (TPSA) is 38.3 Å². The number of nitrogens with one attached hydrogen (secondary N) is 1. The van der Waals surface area contributed by atoms with Gasteiger partial charge in [-0.15, -0.1) is 0 Å². The minimum atomic E-state index is -0.411. The third-order valence-electron chi connectivity index (χ3n) is 2.58. The maximum Gasteiger partial charge on any atom is 0.323 e. The van der Waals surface area contributed by atoms with E-state index in [9.17, 15) is 4.79 Å². The molecule has 0 aliphatic heterocycles. The van der Waals surface area contributed by atoms with Gasteiger partial charge in [-0.2, -0.15) is 0 Å². The third kappa shape index (κ3) is 8.51. The lowest BCUT2D eigenvalue weighted by atomic mass is 10.0. The van der Waals surface area contributed by atoms with Crippen molar-refractivity contribution < 1.29 is 9.53 Å². The first-order valence-electron chi connectivity index (χ1n) is 7.14. The largest absolute Gasteiger partial charge is 0.459 e. The second kappa shape index (κ2) is 7.78. The maximum atomic E-state index is 12.1. The van der Waals surface area contributed by atoms with E-state index >= 15 is 0 Å². The number of hydrogen-bond donors (Lipinski definition) is 1. The van der Waals surface area contributed by atoms with Crippen LogP contribution in [-0.4, -0.2) is 23.7 Å². The van der Waals surface area contributed by atoms with Crippen molar-refractivity contribution in [3.05, 3.63) is 0 Å². The molecule has 3 nitrogen and oxygen atoms in total. The van der Waals surface area contributed by atoms with E-state index in [1.807, 2.05) is 20.8 Å². The molecule has 0 aliphatic carbocycles. The quantitative estimate of drug-likeness (QED) is 0.709. The van der Waals surface area contributed by atoms with Gasteiger partial charge in [-0.3, -0.25) is 4.79 Å². The molecule has 0 aliphatic rings. The van der Waals surface area contributed by atoms with Gasteiger partial charge in [0.15, 0.2) is 0 Å². The van der Waals surface area contributed by atoms with Crippen LogP contribution in [0.15, 0.2) is 0 Å². The van der Waals surface area contributed by atoms with E-state index in [2.05, 4.69) is 33.0 Å². The lowest BCUT2D eigenvalue weighted by Crippen LogP contribution is -2.45. The van der Waals surface area contributed by atoms with Gasteiger partial charge >= 0.3 is 5.97 Å². The molecule has 0 saturated heterocycles. The highest BCUT2D eigenvalue weighted by atomic mass is 16.6. The van der Waals surface area contributed by atoms with Crippen molar-refractivity contribution in [2.24, 2.45) is 5.92 Å². The van der Waals surface area contributed by atoms with E-state index in [-0.39, 0.29) is 12.0 Å². The Morgan fingerprint density at radius 3 is 2.17 bits per heavy atom. The molecule has 0 rings (SSSR count). The lowest BCUT2D eigenvalue weighted by Gasteiger charge is -2.27. The molecule has 0 spiro atoms. The molecule has 0 fully saturated rings. The molecular formula is C15H31NO2. The highest BCUT2D eigenvalue weighted by Crippen LogP contribution is 2.12. The highest BCUT2D eigenvalue weighted by Gasteiger charge is 2.25. The molecule has 3 heteroatoms. The van der Waals surface area contributed by atoms with Crippen molar-refractivity contribution in [1.29, 1.82) is 0 Å². The van der Waals surface area contributed by atoms with Crippen molar-refractivity contribution in [3.8, 4) is 0 Å². The fraction of sp³-hybridized carbons (Fsp3) is 0.933. The molecule has 0 heterocycles. The third-order valence-corrected chi connectivity index (χ3v) is 2.58. The standard InChI is InChI=1S/C15H31NO2/c1-8-9-13(14(17)18-15(5,6)7)16-12(4)10-11(2)3/h11-13,16H,8-10H2,1-7H3/t12-,13-/m1/s1. The molecule has 0 unspecified atom stereocenters. The van der Waals surface area contributed by atoms with Crippen LogP contribution < -0.4 is 5.32 Å². The van der Waals surface area contributed by atoms with Crippen LogP contribution in [0.5, 0.6) is 0 Å². The maximum absolute atomic E-state index is 12.1. The Morgan fingerprint density at radius 2 is 1.78 bits per heavy atom. The van der Waals surface area contributed by atoms with Gasteiger partial charge in [0.2, 0.25) is 0 Å². The molecule has 0 aromatic heterocycles. The van der Waals surface area contributed by atoms with Crippen LogP contribution in [-0.2, 0) is 9.53 Å². The Hall–Kier alpha value is -0.570. The highest BCUT2D eigenvalue weighted by molar-refractivity contribution is 5.76. The summed E-state index contributed by atoms with van der Waals surface area (Å²) >= 11 is 0. The lowest BCUT2D eigenvalue weighted by molar-refractivity contribution is -0.158. The van der Waals surface area contributed by atoms with Gasteiger partial charge in [0.25, 0.3) is 0 Å². The van der Waals surface area contributed by atoms with Crippen molar-refractivity contribution in [2.75, 3.05) is 0 Å². The van der Waals surface area contributed by atoms with E-state index in [4.69, 9.17) is 4.74 Å². The predicted octanol–water partition coefficient (Wildman–Crippen LogP) is 3.52. The Kier molecular flexibility index (Phi) is 7.53. The Balaban J connectivity index is 4.41. The van der Waals surface area contributed by atoms with Gasteiger partial charge in [-0.1, -0.05) is 27.2 Å². The van der Waals surface area contributed by atoms with Crippen molar-refractivity contribution >= 4 is 5.97 Å². The van der Waals surface area contributed by atoms with Gasteiger partial charge < -0.3 is 10.1 Å². The van der Waals surface area contributed by atoms with E-state index in [0.717, 1.165) is 19.3 Å². The summed E-state index contributed by atoms with van der Waals surface area (Å²) in [6.45, 7) is 14.3. The number of esters is 1. The normalized spacial score (nSPS) is 15.6. The first kappa shape index (κ1) is 17.4. The molecule has 18 heavy (non-hydrogen) atoms. The first-order chi connectivity index (χ1) is 8.15. The average Bonchev–Trinajstić information content (AvgIpc) is 2.12. The van der Waals surface area contributed by atoms with E-state index in [1.54, 1.807) is 0 Å². The molecule has 0 aromatic carbocycles. The Bertz CT molecular complexity index is 243. The zero-order chi connectivity index (χ0) is 14.3. The SMILES string of the molecule is CCC[C@@H](N[C@H](C)CC(C)C)C(=O)OC(C)(C)C. The van der Waals surface area contributed by atoms with Crippen LogP contribution >= 0.6 is 0 Å². The fourth-order valence-electron chi connectivity index (χ4n) is 2.05. The molecule has 1 N–H and O–H groups in total. The number of ether oxygens (including phenoxy) is 1. The molecule has 0 amide bonds. The van der Waals surface area contributed by atoms with Gasteiger partial charge in [-0.25, -0.2) is 0 Å².